The van der Waals surface area contributed by atoms with E-state index in [-0.39, 0.29) is 18.0 Å². The molecule has 84 valence electrons. The van der Waals surface area contributed by atoms with Crippen molar-refractivity contribution < 1.29 is 4.52 Å². The SMILES string of the molecule is Cc1noc(Cn2c(=O)ccn(C)c2=O)n1. The highest BCUT2D eigenvalue weighted by molar-refractivity contribution is 4.90. The average molecular weight is 222 g/mol. The van der Waals surface area contributed by atoms with Crippen molar-refractivity contribution in [1.82, 2.24) is 19.3 Å². The van der Waals surface area contributed by atoms with Crippen LogP contribution in [0.1, 0.15) is 11.7 Å². The van der Waals surface area contributed by atoms with Crippen LogP contribution < -0.4 is 11.2 Å². The number of nitrogens with zero attached hydrogens (tertiary/aromatic N) is 4. The molecule has 2 rings (SSSR count). The first-order chi connectivity index (χ1) is 7.58. The Labute approximate surface area is 90.0 Å². The van der Waals surface area contributed by atoms with Crippen molar-refractivity contribution in [3.63, 3.8) is 0 Å². The zero-order valence-corrected chi connectivity index (χ0v) is 8.88. The van der Waals surface area contributed by atoms with Gasteiger partial charge in [-0.2, -0.15) is 4.98 Å². The average Bonchev–Trinajstić information content (AvgIpc) is 2.65. The molecule has 0 aliphatic carbocycles. The topological polar surface area (TPSA) is 82.9 Å². The molecule has 0 fully saturated rings. The zero-order valence-electron chi connectivity index (χ0n) is 8.88. The summed E-state index contributed by atoms with van der Waals surface area (Å²) >= 11 is 0. The van der Waals surface area contributed by atoms with E-state index >= 15 is 0 Å². The lowest BCUT2D eigenvalue weighted by atomic mass is 10.5. The molecule has 2 aromatic rings. The molecule has 7 nitrogen and oxygen atoms in total. The predicted molar refractivity (Wildman–Crippen MR) is 54.1 cm³/mol. The molecule has 2 heterocycles. The van der Waals surface area contributed by atoms with E-state index in [1.807, 2.05) is 0 Å². The molecular formula is C9H10N4O3. The minimum absolute atomic E-state index is 0.00676. The van der Waals surface area contributed by atoms with Crippen molar-refractivity contribution in [2.24, 2.45) is 7.05 Å². The Morgan fingerprint density at radius 3 is 2.81 bits per heavy atom. The van der Waals surface area contributed by atoms with Gasteiger partial charge in [0, 0.05) is 19.3 Å². The summed E-state index contributed by atoms with van der Waals surface area (Å²) in [7, 11) is 1.57. The molecule has 2 aromatic heterocycles. The molecule has 16 heavy (non-hydrogen) atoms. The second-order valence-corrected chi connectivity index (χ2v) is 3.37. The van der Waals surface area contributed by atoms with Gasteiger partial charge in [-0.1, -0.05) is 5.16 Å². The third-order valence-corrected chi connectivity index (χ3v) is 2.10. The number of aryl methyl sites for hydroxylation is 2. The van der Waals surface area contributed by atoms with Crippen LogP contribution in [0.25, 0.3) is 0 Å². The van der Waals surface area contributed by atoms with E-state index in [0.29, 0.717) is 5.82 Å². The van der Waals surface area contributed by atoms with Crippen molar-refractivity contribution >= 4 is 0 Å². The van der Waals surface area contributed by atoms with E-state index in [9.17, 15) is 9.59 Å². The number of hydrogen-bond acceptors (Lipinski definition) is 5. The van der Waals surface area contributed by atoms with Crippen LogP contribution in [0.2, 0.25) is 0 Å². The maximum absolute atomic E-state index is 11.6. The van der Waals surface area contributed by atoms with Crippen LogP contribution in [0, 0.1) is 6.92 Å². The zero-order chi connectivity index (χ0) is 11.7. The van der Waals surface area contributed by atoms with Crippen molar-refractivity contribution in [2.45, 2.75) is 13.5 Å². The van der Waals surface area contributed by atoms with Crippen LogP contribution in [0.5, 0.6) is 0 Å². The van der Waals surface area contributed by atoms with E-state index in [2.05, 4.69) is 10.1 Å². The molecule has 0 unspecified atom stereocenters. The molecule has 0 aliphatic rings. The maximum Gasteiger partial charge on any atom is 0.331 e. The van der Waals surface area contributed by atoms with E-state index in [1.165, 1.54) is 16.8 Å². The van der Waals surface area contributed by atoms with Crippen molar-refractivity contribution in [1.29, 1.82) is 0 Å². The van der Waals surface area contributed by atoms with Crippen LogP contribution >= 0.6 is 0 Å². The molecule has 0 spiro atoms. The molecule has 0 aliphatic heterocycles. The highest BCUT2D eigenvalue weighted by Gasteiger charge is 2.08. The summed E-state index contributed by atoms with van der Waals surface area (Å²) in [4.78, 5) is 27.0. The Morgan fingerprint density at radius 1 is 1.44 bits per heavy atom. The van der Waals surface area contributed by atoms with Crippen molar-refractivity contribution in [2.75, 3.05) is 0 Å². The van der Waals surface area contributed by atoms with Gasteiger partial charge in [0.2, 0.25) is 5.89 Å². The lowest BCUT2D eigenvalue weighted by Crippen LogP contribution is -2.38. The highest BCUT2D eigenvalue weighted by Crippen LogP contribution is 1.95. The number of hydrogen-bond donors (Lipinski definition) is 0. The monoisotopic (exact) mass is 222 g/mol. The van der Waals surface area contributed by atoms with E-state index < -0.39 is 5.69 Å². The fourth-order valence-corrected chi connectivity index (χ4v) is 1.30. The first-order valence-electron chi connectivity index (χ1n) is 4.63. The third-order valence-electron chi connectivity index (χ3n) is 2.10. The molecule has 0 amide bonds. The summed E-state index contributed by atoms with van der Waals surface area (Å²) < 4.78 is 7.19. The van der Waals surface area contributed by atoms with Gasteiger partial charge in [0.1, 0.15) is 6.54 Å². The molecule has 0 radical (unpaired) electrons. The number of rotatable bonds is 2. The molecule has 0 atom stereocenters. The van der Waals surface area contributed by atoms with Crippen LogP contribution in [0.3, 0.4) is 0 Å². The second kappa shape index (κ2) is 3.76. The molecule has 0 N–H and O–H groups in total. The minimum atomic E-state index is -0.414. The lowest BCUT2D eigenvalue weighted by Gasteiger charge is -2.02. The third kappa shape index (κ3) is 1.79. The summed E-state index contributed by atoms with van der Waals surface area (Å²) in [6.07, 6.45) is 1.42. The fraction of sp³-hybridized carbons (Fsp3) is 0.333. The van der Waals surface area contributed by atoms with Gasteiger partial charge in [-0.25, -0.2) is 4.79 Å². The molecule has 0 saturated carbocycles. The van der Waals surface area contributed by atoms with Gasteiger partial charge in [-0.15, -0.1) is 0 Å². The van der Waals surface area contributed by atoms with E-state index in [0.717, 1.165) is 4.57 Å². The van der Waals surface area contributed by atoms with Gasteiger partial charge >= 0.3 is 5.69 Å². The molecule has 0 bridgehead atoms. The van der Waals surface area contributed by atoms with Gasteiger partial charge in [0.05, 0.1) is 0 Å². The summed E-state index contributed by atoms with van der Waals surface area (Å²) in [6.45, 7) is 1.66. The number of aromatic nitrogens is 4. The molecule has 0 aromatic carbocycles. The molecule has 7 heteroatoms. The summed E-state index contributed by atoms with van der Waals surface area (Å²) in [5.74, 6) is 0.707. The standard InChI is InChI=1S/C9H10N4O3/c1-6-10-7(16-11-6)5-13-8(14)3-4-12(2)9(13)15/h3-4H,5H2,1-2H3. The summed E-state index contributed by atoms with van der Waals surface area (Å²) in [5.41, 5.74) is -0.803. The van der Waals surface area contributed by atoms with Crippen LogP contribution in [0.15, 0.2) is 26.4 Å². The minimum Gasteiger partial charge on any atom is -0.337 e. The first kappa shape index (κ1) is 10.3. The Balaban J connectivity index is 2.46. The Kier molecular flexibility index (Phi) is 2.43. The van der Waals surface area contributed by atoms with Crippen molar-refractivity contribution in [3.8, 4) is 0 Å². The van der Waals surface area contributed by atoms with Crippen molar-refractivity contribution in [3.05, 3.63) is 44.8 Å². The van der Waals surface area contributed by atoms with E-state index in [4.69, 9.17) is 4.52 Å². The largest absolute Gasteiger partial charge is 0.337 e. The maximum atomic E-state index is 11.6. The van der Waals surface area contributed by atoms with Gasteiger partial charge in [0.15, 0.2) is 5.82 Å². The van der Waals surface area contributed by atoms with Gasteiger partial charge < -0.3 is 9.09 Å². The Bertz CT molecular complexity index is 622. The van der Waals surface area contributed by atoms with Gasteiger partial charge in [-0.05, 0) is 6.92 Å². The van der Waals surface area contributed by atoms with Crippen LogP contribution in [0.4, 0.5) is 0 Å². The second-order valence-electron chi connectivity index (χ2n) is 3.37. The van der Waals surface area contributed by atoms with E-state index in [1.54, 1.807) is 14.0 Å². The fourth-order valence-electron chi connectivity index (χ4n) is 1.30. The van der Waals surface area contributed by atoms with Crippen LogP contribution in [-0.2, 0) is 13.6 Å². The quantitative estimate of drug-likeness (QED) is 0.670. The summed E-state index contributed by atoms with van der Waals surface area (Å²) in [5, 5.41) is 3.58. The van der Waals surface area contributed by atoms with Crippen LogP contribution in [-0.4, -0.2) is 19.3 Å². The molecular weight excluding hydrogens is 212 g/mol. The van der Waals surface area contributed by atoms with Gasteiger partial charge in [0.25, 0.3) is 5.56 Å². The predicted octanol–water partition coefficient (Wildman–Crippen LogP) is -0.713. The first-order valence-corrected chi connectivity index (χ1v) is 4.63. The van der Waals surface area contributed by atoms with Gasteiger partial charge in [-0.3, -0.25) is 9.36 Å². The summed E-state index contributed by atoms with van der Waals surface area (Å²) in [6, 6.07) is 1.31. The Morgan fingerprint density at radius 2 is 2.19 bits per heavy atom. The highest BCUT2D eigenvalue weighted by atomic mass is 16.5. The molecule has 0 saturated heterocycles. The normalized spacial score (nSPS) is 10.6. The smallest absolute Gasteiger partial charge is 0.331 e. The Hall–Kier alpha value is -2.18. The lowest BCUT2D eigenvalue weighted by molar-refractivity contribution is 0.363.